The second-order valence-corrected chi connectivity index (χ2v) is 4.81. The first kappa shape index (κ1) is 12.7. The smallest absolute Gasteiger partial charge is 0.0715 e. The van der Waals surface area contributed by atoms with Gasteiger partial charge in [-0.15, -0.1) is 0 Å². The van der Waals surface area contributed by atoms with Crippen LogP contribution in [0.3, 0.4) is 0 Å². The zero-order valence-corrected chi connectivity index (χ0v) is 11.4. The molecule has 0 atom stereocenters. The van der Waals surface area contributed by atoms with Crippen molar-refractivity contribution in [1.82, 2.24) is 15.2 Å². The zero-order chi connectivity index (χ0) is 13.8. The maximum atomic E-state index is 5.97. The van der Waals surface area contributed by atoms with Gasteiger partial charge in [0.15, 0.2) is 0 Å². The maximum Gasteiger partial charge on any atom is 0.0715 e. The van der Waals surface area contributed by atoms with Crippen LogP contribution < -0.4 is 5.32 Å². The largest absolute Gasteiger partial charge is 0.381 e. The van der Waals surface area contributed by atoms with Gasteiger partial charge in [-0.05, 0) is 30.3 Å². The lowest BCUT2D eigenvalue weighted by atomic mass is 10.1. The molecule has 4 nitrogen and oxygen atoms in total. The fourth-order valence-electron chi connectivity index (χ4n) is 2.00. The van der Waals surface area contributed by atoms with E-state index in [1.165, 1.54) is 0 Å². The molecule has 100 valence electrons. The quantitative estimate of drug-likeness (QED) is 0.767. The lowest BCUT2D eigenvalue weighted by Gasteiger charge is -2.07. The van der Waals surface area contributed by atoms with Crippen molar-refractivity contribution in [2.45, 2.75) is 6.54 Å². The van der Waals surface area contributed by atoms with Crippen molar-refractivity contribution in [3.8, 4) is 11.3 Å². The second kappa shape index (κ2) is 5.75. The molecule has 0 amide bonds. The average molecular weight is 285 g/mol. The fourth-order valence-corrected chi connectivity index (χ4v) is 2.19. The number of hydrogen-bond acceptors (Lipinski definition) is 3. The molecule has 3 aromatic rings. The van der Waals surface area contributed by atoms with Crippen LogP contribution in [-0.4, -0.2) is 15.2 Å². The average Bonchev–Trinajstić information content (AvgIpc) is 2.95. The SMILES string of the molecule is Clc1cccc(NCc2cn[nH]c2-c2cccnc2)c1. The maximum absolute atomic E-state index is 5.97. The van der Waals surface area contributed by atoms with Crippen molar-refractivity contribution in [2.24, 2.45) is 0 Å². The van der Waals surface area contributed by atoms with Gasteiger partial charge < -0.3 is 5.32 Å². The molecule has 0 aliphatic rings. The Kier molecular flexibility index (Phi) is 3.65. The Morgan fingerprint density at radius 3 is 2.90 bits per heavy atom. The predicted molar refractivity (Wildman–Crippen MR) is 80.6 cm³/mol. The first-order chi connectivity index (χ1) is 9.83. The number of hydrogen-bond donors (Lipinski definition) is 2. The van der Waals surface area contributed by atoms with Crippen LogP contribution in [0.4, 0.5) is 5.69 Å². The van der Waals surface area contributed by atoms with Gasteiger partial charge in [0.25, 0.3) is 0 Å². The molecule has 20 heavy (non-hydrogen) atoms. The molecule has 0 saturated heterocycles. The molecule has 0 aliphatic carbocycles. The van der Waals surface area contributed by atoms with Crippen molar-refractivity contribution < 1.29 is 0 Å². The van der Waals surface area contributed by atoms with E-state index in [-0.39, 0.29) is 0 Å². The molecular weight excluding hydrogens is 272 g/mol. The van der Waals surface area contributed by atoms with Gasteiger partial charge in [-0.2, -0.15) is 5.10 Å². The van der Waals surface area contributed by atoms with Crippen LogP contribution in [0, 0.1) is 0 Å². The third kappa shape index (κ3) is 2.81. The number of nitrogens with one attached hydrogen (secondary N) is 2. The number of rotatable bonds is 4. The summed E-state index contributed by atoms with van der Waals surface area (Å²) in [6, 6.07) is 11.6. The molecule has 0 fully saturated rings. The minimum absolute atomic E-state index is 0.668. The summed E-state index contributed by atoms with van der Waals surface area (Å²) in [5, 5.41) is 11.2. The van der Waals surface area contributed by atoms with Gasteiger partial charge in [-0.25, -0.2) is 0 Å². The molecule has 2 heterocycles. The molecule has 0 bridgehead atoms. The highest BCUT2D eigenvalue weighted by atomic mass is 35.5. The summed E-state index contributed by atoms with van der Waals surface area (Å²) >= 11 is 5.97. The third-order valence-corrected chi connectivity index (χ3v) is 3.21. The molecule has 0 unspecified atom stereocenters. The van der Waals surface area contributed by atoms with Gasteiger partial charge in [0.05, 0.1) is 11.9 Å². The number of halogens is 1. The molecule has 0 aliphatic heterocycles. The van der Waals surface area contributed by atoms with Crippen molar-refractivity contribution in [3.63, 3.8) is 0 Å². The number of benzene rings is 1. The molecule has 2 aromatic heterocycles. The summed E-state index contributed by atoms with van der Waals surface area (Å²) in [4.78, 5) is 4.13. The van der Waals surface area contributed by atoms with Crippen molar-refractivity contribution in [3.05, 3.63) is 65.6 Å². The Morgan fingerprint density at radius 1 is 1.15 bits per heavy atom. The molecule has 0 saturated carbocycles. The van der Waals surface area contributed by atoms with Crippen LogP contribution in [0.5, 0.6) is 0 Å². The zero-order valence-electron chi connectivity index (χ0n) is 10.7. The molecule has 3 rings (SSSR count). The van der Waals surface area contributed by atoms with Crippen LogP contribution in [0.1, 0.15) is 5.56 Å². The monoisotopic (exact) mass is 284 g/mol. The van der Waals surface area contributed by atoms with Crippen LogP contribution in [0.15, 0.2) is 55.0 Å². The van der Waals surface area contributed by atoms with Crippen LogP contribution in [-0.2, 0) is 6.54 Å². The van der Waals surface area contributed by atoms with E-state index < -0.39 is 0 Å². The predicted octanol–water partition coefficient (Wildman–Crippen LogP) is 3.74. The van der Waals surface area contributed by atoms with Crippen LogP contribution >= 0.6 is 11.6 Å². The highest BCUT2D eigenvalue weighted by Crippen LogP contribution is 2.21. The van der Waals surface area contributed by atoms with E-state index in [2.05, 4.69) is 20.5 Å². The number of aromatic nitrogens is 3. The summed E-state index contributed by atoms with van der Waals surface area (Å²) < 4.78 is 0. The first-order valence-corrected chi connectivity index (χ1v) is 6.63. The van der Waals surface area contributed by atoms with Gasteiger partial charge >= 0.3 is 0 Å². The van der Waals surface area contributed by atoms with Gasteiger partial charge in [0.1, 0.15) is 0 Å². The van der Waals surface area contributed by atoms with E-state index in [9.17, 15) is 0 Å². The highest BCUT2D eigenvalue weighted by molar-refractivity contribution is 6.30. The van der Waals surface area contributed by atoms with Gasteiger partial charge in [-0.1, -0.05) is 17.7 Å². The van der Waals surface area contributed by atoms with Crippen molar-refractivity contribution >= 4 is 17.3 Å². The number of aromatic amines is 1. The number of pyridine rings is 1. The third-order valence-electron chi connectivity index (χ3n) is 2.98. The minimum atomic E-state index is 0.668. The Balaban J connectivity index is 1.78. The molecule has 5 heteroatoms. The minimum Gasteiger partial charge on any atom is -0.381 e. The Hall–Kier alpha value is -2.33. The van der Waals surface area contributed by atoms with E-state index in [1.54, 1.807) is 6.20 Å². The lowest BCUT2D eigenvalue weighted by Crippen LogP contribution is -1.99. The number of H-pyrrole nitrogens is 1. The van der Waals surface area contributed by atoms with Crippen molar-refractivity contribution in [1.29, 1.82) is 0 Å². The number of anilines is 1. The van der Waals surface area contributed by atoms with E-state index in [1.807, 2.05) is 48.8 Å². The normalized spacial score (nSPS) is 10.4. The summed E-state index contributed by atoms with van der Waals surface area (Å²) in [5.41, 5.74) is 4.06. The molecule has 2 N–H and O–H groups in total. The Labute approximate surface area is 121 Å². The van der Waals surface area contributed by atoms with Gasteiger partial charge in [0, 0.05) is 40.8 Å². The first-order valence-electron chi connectivity index (χ1n) is 6.25. The second-order valence-electron chi connectivity index (χ2n) is 4.38. The Morgan fingerprint density at radius 2 is 2.10 bits per heavy atom. The topological polar surface area (TPSA) is 53.6 Å². The van der Waals surface area contributed by atoms with E-state index in [0.29, 0.717) is 6.54 Å². The van der Waals surface area contributed by atoms with Crippen molar-refractivity contribution in [2.75, 3.05) is 5.32 Å². The van der Waals surface area contributed by atoms with Gasteiger partial charge in [0.2, 0.25) is 0 Å². The fraction of sp³-hybridized carbons (Fsp3) is 0.0667. The summed E-state index contributed by atoms with van der Waals surface area (Å²) in [6.45, 7) is 0.668. The molecule has 1 aromatic carbocycles. The lowest BCUT2D eigenvalue weighted by molar-refractivity contribution is 1.09. The molecule has 0 spiro atoms. The van der Waals surface area contributed by atoms with E-state index in [4.69, 9.17) is 11.6 Å². The van der Waals surface area contributed by atoms with E-state index in [0.717, 1.165) is 27.5 Å². The van der Waals surface area contributed by atoms with Gasteiger partial charge in [-0.3, -0.25) is 10.1 Å². The summed E-state index contributed by atoms with van der Waals surface area (Å²) in [7, 11) is 0. The highest BCUT2D eigenvalue weighted by Gasteiger charge is 2.07. The van der Waals surface area contributed by atoms with Crippen LogP contribution in [0.25, 0.3) is 11.3 Å². The Bertz CT molecular complexity index is 694. The molecule has 0 radical (unpaired) electrons. The summed E-state index contributed by atoms with van der Waals surface area (Å²) in [6.07, 6.45) is 5.39. The number of nitrogens with zero attached hydrogens (tertiary/aromatic N) is 2. The molecular formula is C15H13ClN4. The van der Waals surface area contributed by atoms with Crippen LogP contribution in [0.2, 0.25) is 5.02 Å². The standard InChI is InChI=1S/C15H13ClN4/c16-13-4-1-5-14(7-13)18-9-12-10-19-20-15(12)11-3-2-6-17-8-11/h1-8,10,18H,9H2,(H,19,20). The van der Waals surface area contributed by atoms with E-state index >= 15 is 0 Å². The summed E-state index contributed by atoms with van der Waals surface area (Å²) in [5.74, 6) is 0.